The molecule has 0 saturated carbocycles. The Hall–Kier alpha value is -1.84. The summed E-state index contributed by atoms with van der Waals surface area (Å²) in [7, 11) is 1.90. The zero-order chi connectivity index (χ0) is 12.3. The van der Waals surface area contributed by atoms with Gasteiger partial charge in [0.05, 0.1) is 6.20 Å². The minimum Gasteiger partial charge on any atom is -0.385 e. The average molecular weight is 233 g/mol. The number of nitrogens with one attached hydrogen (secondary N) is 1. The Morgan fingerprint density at radius 1 is 1.41 bits per heavy atom. The van der Waals surface area contributed by atoms with Crippen molar-refractivity contribution in [3.05, 3.63) is 47.5 Å². The zero-order valence-corrected chi connectivity index (χ0v) is 10.1. The van der Waals surface area contributed by atoms with Crippen molar-refractivity contribution >= 4 is 5.69 Å². The second kappa shape index (κ2) is 4.99. The van der Waals surface area contributed by atoms with E-state index in [1.807, 2.05) is 25.5 Å². The molecule has 2 rings (SSSR count). The van der Waals surface area contributed by atoms with Crippen LogP contribution in [0.4, 0.5) is 10.1 Å². The highest BCUT2D eigenvalue weighted by molar-refractivity contribution is 5.45. The third kappa shape index (κ3) is 3.06. The molecule has 0 unspecified atom stereocenters. The quantitative estimate of drug-likeness (QED) is 0.879. The summed E-state index contributed by atoms with van der Waals surface area (Å²) in [5.41, 5.74) is 2.81. The molecule has 0 saturated heterocycles. The lowest BCUT2D eigenvalue weighted by molar-refractivity contribution is 0.618. The van der Waals surface area contributed by atoms with Crippen LogP contribution in [0.1, 0.15) is 11.1 Å². The molecule has 1 N–H and O–H groups in total. The molecule has 0 aliphatic rings. The van der Waals surface area contributed by atoms with E-state index in [1.165, 1.54) is 11.6 Å². The number of anilines is 1. The second-order valence-corrected chi connectivity index (χ2v) is 4.16. The van der Waals surface area contributed by atoms with Crippen molar-refractivity contribution < 1.29 is 4.39 Å². The molecule has 1 aromatic carbocycles. The molecular formula is C13H16FN3. The molecule has 0 aliphatic heterocycles. The van der Waals surface area contributed by atoms with E-state index in [1.54, 1.807) is 17.7 Å². The van der Waals surface area contributed by atoms with Crippen LogP contribution < -0.4 is 5.32 Å². The lowest BCUT2D eigenvalue weighted by atomic mass is 10.2. The molecule has 0 radical (unpaired) electrons. The van der Waals surface area contributed by atoms with Gasteiger partial charge in [-0.3, -0.25) is 4.68 Å². The molecule has 3 nitrogen and oxygen atoms in total. The average Bonchev–Trinajstić information content (AvgIpc) is 2.70. The van der Waals surface area contributed by atoms with E-state index in [0.29, 0.717) is 5.56 Å². The van der Waals surface area contributed by atoms with Crippen LogP contribution in [0.3, 0.4) is 0 Å². The van der Waals surface area contributed by atoms with E-state index in [4.69, 9.17) is 0 Å². The van der Waals surface area contributed by atoms with E-state index in [2.05, 4.69) is 10.4 Å². The first-order chi connectivity index (χ1) is 8.15. The number of aryl methyl sites for hydroxylation is 2. The molecule has 0 amide bonds. The minimum atomic E-state index is -0.164. The van der Waals surface area contributed by atoms with Crippen LogP contribution in [0.25, 0.3) is 0 Å². The Balaban J connectivity index is 1.87. The molecule has 0 spiro atoms. The summed E-state index contributed by atoms with van der Waals surface area (Å²) in [6.07, 6.45) is 4.76. The number of hydrogen-bond acceptors (Lipinski definition) is 2. The lowest BCUT2D eigenvalue weighted by Gasteiger charge is -2.06. The minimum absolute atomic E-state index is 0.164. The Bertz CT molecular complexity index is 505. The molecule has 0 fully saturated rings. The Labute approximate surface area is 100 Å². The SMILES string of the molecule is Cc1cc(NCCc2cnn(C)c2)ccc1F. The molecular weight excluding hydrogens is 217 g/mol. The molecule has 2 aromatic rings. The van der Waals surface area contributed by atoms with Gasteiger partial charge in [-0.1, -0.05) is 0 Å². The van der Waals surface area contributed by atoms with Crippen molar-refractivity contribution in [3.8, 4) is 0 Å². The van der Waals surface area contributed by atoms with Crippen LogP contribution in [0.5, 0.6) is 0 Å². The van der Waals surface area contributed by atoms with Crippen LogP contribution in [-0.2, 0) is 13.5 Å². The monoisotopic (exact) mass is 233 g/mol. The second-order valence-electron chi connectivity index (χ2n) is 4.16. The zero-order valence-electron chi connectivity index (χ0n) is 10.1. The maximum Gasteiger partial charge on any atom is 0.126 e. The molecule has 0 atom stereocenters. The third-order valence-electron chi connectivity index (χ3n) is 2.66. The van der Waals surface area contributed by atoms with Gasteiger partial charge in [-0.15, -0.1) is 0 Å². The van der Waals surface area contributed by atoms with Gasteiger partial charge in [-0.25, -0.2) is 4.39 Å². The highest BCUT2D eigenvalue weighted by Gasteiger charge is 1.99. The summed E-state index contributed by atoms with van der Waals surface area (Å²) >= 11 is 0. The molecule has 90 valence electrons. The number of nitrogens with zero attached hydrogens (tertiary/aromatic N) is 2. The van der Waals surface area contributed by atoms with Crippen LogP contribution >= 0.6 is 0 Å². The van der Waals surface area contributed by atoms with Crippen LogP contribution in [-0.4, -0.2) is 16.3 Å². The Morgan fingerprint density at radius 2 is 2.24 bits per heavy atom. The first-order valence-electron chi connectivity index (χ1n) is 5.63. The van der Waals surface area contributed by atoms with Crippen molar-refractivity contribution in [3.63, 3.8) is 0 Å². The first kappa shape index (κ1) is 11.6. The summed E-state index contributed by atoms with van der Waals surface area (Å²) in [5.74, 6) is -0.164. The van der Waals surface area contributed by atoms with Gasteiger partial charge in [0, 0.05) is 25.5 Å². The Morgan fingerprint density at radius 3 is 2.88 bits per heavy atom. The van der Waals surface area contributed by atoms with Gasteiger partial charge in [-0.05, 0) is 42.7 Å². The van der Waals surface area contributed by atoms with Gasteiger partial charge < -0.3 is 5.32 Å². The molecule has 17 heavy (non-hydrogen) atoms. The number of hydrogen-bond donors (Lipinski definition) is 1. The topological polar surface area (TPSA) is 29.9 Å². The fourth-order valence-electron chi connectivity index (χ4n) is 1.71. The van der Waals surface area contributed by atoms with Gasteiger partial charge in [-0.2, -0.15) is 5.10 Å². The predicted octanol–water partition coefficient (Wildman–Crippen LogP) is 2.52. The van der Waals surface area contributed by atoms with Crippen LogP contribution in [0, 0.1) is 12.7 Å². The highest BCUT2D eigenvalue weighted by atomic mass is 19.1. The summed E-state index contributed by atoms with van der Waals surface area (Å²) in [5, 5.41) is 7.37. The number of halogens is 1. The maximum absolute atomic E-state index is 13.0. The highest BCUT2D eigenvalue weighted by Crippen LogP contribution is 2.13. The number of aromatic nitrogens is 2. The van der Waals surface area contributed by atoms with Gasteiger partial charge in [0.15, 0.2) is 0 Å². The molecule has 0 aliphatic carbocycles. The summed E-state index contributed by atoms with van der Waals surface area (Å²) < 4.78 is 14.8. The fraction of sp³-hybridized carbons (Fsp3) is 0.308. The lowest BCUT2D eigenvalue weighted by Crippen LogP contribution is -2.04. The standard InChI is InChI=1S/C13H16FN3/c1-10-7-12(3-4-13(10)14)15-6-5-11-8-16-17(2)9-11/h3-4,7-9,15H,5-6H2,1-2H3. The normalized spacial score (nSPS) is 10.5. The van der Waals surface area contributed by atoms with Crippen molar-refractivity contribution in [2.75, 3.05) is 11.9 Å². The fourth-order valence-corrected chi connectivity index (χ4v) is 1.71. The van der Waals surface area contributed by atoms with Gasteiger partial charge in [0.25, 0.3) is 0 Å². The van der Waals surface area contributed by atoms with E-state index in [9.17, 15) is 4.39 Å². The molecule has 1 aromatic heterocycles. The van der Waals surface area contributed by atoms with Gasteiger partial charge >= 0.3 is 0 Å². The maximum atomic E-state index is 13.0. The summed E-state index contributed by atoms with van der Waals surface area (Å²) in [4.78, 5) is 0. The van der Waals surface area contributed by atoms with E-state index in [0.717, 1.165) is 18.7 Å². The summed E-state index contributed by atoms with van der Waals surface area (Å²) in [6.45, 7) is 2.58. The van der Waals surface area contributed by atoms with Gasteiger partial charge in [0.1, 0.15) is 5.82 Å². The van der Waals surface area contributed by atoms with E-state index in [-0.39, 0.29) is 5.82 Å². The van der Waals surface area contributed by atoms with E-state index >= 15 is 0 Å². The largest absolute Gasteiger partial charge is 0.385 e. The van der Waals surface area contributed by atoms with Crippen molar-refractivity contribution in [1.82, 2.24) is 9.78 Å². The van der Waals surface area contributed by atoms with Crippen LogP contribution in [0.15, 0.2) is 30.6 Å². The first-order valence-corrected chi connectivity index (χ1v) is 5.63. The Kier molecular flexibility index (Phi) is 3.42. The summed E-state index contributed by atoms with van der Waals surface area (Å²) in [6, 6.07) is 5.06. The van der Waals surface area contributed by atoms with Crippen molar-refractivity contribution in [2.45, 2.75) is 13.3 Å². The molecule has 0 bridgehead atoms. The smallest absolute Gasteiger partial charge is 0.126 e. The third-order valence-corrected chi connectivity index (χ3v) is 2.66. The van der Waals surface area contributed by atoms with Gasteiger partial charge in [0.2, 0.25) is 0 Å². The van der Waals surface area contributed by atoms with E-state index < -0.39 is 0 Å². The number of benzene rings is 1. The predicted molar refractivity (Wildman–Crippen MR) is 66.5 cm³/mol. The van der Waals surface area contributed by atoms with Crippen molar-refractivity contribution in [1.29, 1.82) is 0 Å². The number of rotatable bonds is 4. The van der Waals surface area contributed by atoms with Crippen molar-refractivity contribution in [2.24, 2.45) is 7.05 Å². The molecule has 1 heterocycles. The van der Waals surface area contributed by atoms with Crippen LogP contribution in [0.2, 0.25) is 0 Å². The molecule has 4 heteroatoms.